The zero-order chi connectivity index (χ0) is 15.8. The van der Waals surface area contributed by atoms with Crippen LogP contribution in [0.3, 0.4) is 0 Å². The molecule has 3 aromatic rings. The molecule has 5 heteroatoms. The molecular formula is C18H15FIN3. The van der Waals surface area contributed by atoms with Crippen molar-refractivity contribution >= 4 is 28.4 Å². The Bertz CT molecular complexity index is 838. The van der Waals surface area contributed by atoms with Gasteiger partial charge in [0.05, 0.1) is 11.4 Å². The molecule has 0 bridgehead atoms. The molecule has 0 atom stereocenters. The average Bonchev–Trinajstić information content (AvgIpc) is 3.14. The van der Waals surface area contributed by atoms with Crippen molar-refractivity contribution in [2.24, 2.45) is 0 Å². The summed E-state index contributed by atoms with van der Waals surface area (Å²) in [5, 5.41) is 8.24. The van der Waals surface area contributed by atoms with Gasteiger partial charge in [0, 0.05) is 22.1 Å². The number of fused-ring (bicyclic) bond motifs is 1. The van der Waals surface area contributed by atoms with E-state index in [2.05, 4.69) is 52.2 Å². The van der Waals surface area contributed by atoms with E-state index in [1.807, 2.05) is 16.8 Å². The molecule has 1 N–H and O–H groups in total. The Labute approximate surface area is 147 Å². The number of benzene rings is 2. The molecule has 0 unspecified atom stereocenters. The van der Waals surface area contributed by atoms with Crippen LogP contribution in [0.2, 0.25) is 0 Å². The lowest BCUT2D eigenvalue weighted by Gasteiger charge is -2.06. The van der Waals surface area contributed by atoms with Gasteiger partial charge < -0.3 is 5.32 Å². The molecule has 1 aromatic heterocycles. The number of hydrogen-bond acceptors (Lipinski definition) is 2. The minimum absolute atomic E-state index is 0.204. The Balaban J connectivity index is 1.72. The number of nitrogens with one attached hydrogen (secondary N) is 1. The first-order valence-corrected chi connectivity index (χ1v) is 8.63. The maximum Gasteiger partial charge on any atom is 0.133 e. The number of hydrogen-bond donors (Lipinski definition) is 1. The summed E-state index contributed by atoms with van der Waals surface area (Å²) >= 11 is 2.30. The van der Waals surface area contributed by atoms with Gasteiger partial charge in [0.25, 0.3) is 0 Å². The van der Waals surface area contributed by atoms with Gasteiger partial charge in [0.2, 0.25) is 0 Å². The van der Waals surface area contributed by atoms with Gasteiger partial charge in [-0.1, -0.05) is 12.1 Å². The van der Waals surface area contributed by atoms with Crippen LogP contribution in [0.5, 0.6) is 0 Å². The summed E-state index contributed by atoms with van der Waals surface area (Å²) in [4.78, 5) is 0. The quantitative estimate of drug-likeness (QED) is 0.646. The Kier molecular flexibility index (Phi) is 3.80. The number of nitrogens with zero attached hydrogens (tertiary/aromatic N) is 2. The van der Waals surface area contributed by atoms with Gasteiger partial charge in [-0.05, 0) is 71.0 Å². The second-order valence-electron chi connectivity index (χ2n) is 5.64. The summed E-state index contributed by atoms with van der Waals surface area (Å²) in [5.74, 6) is 0.883. The normalized spacial score (nSPS) is 13.0. The zero-order valence-corrected chi connectivity index (χ0v) is 14.5. The highest BCUT2D eigenvalue weighted by atomic mass is 127. The molecule has 0 saturated heterocycles. The first-order chi connectivity index (χ1) is 11.2. The lowest BCUT2D eigenvalue weighted by molar-refractivity contribution is 0.627. The average molecular weight is 419 g/mol. The lowest BCUT2D eigenvalue weighted by atomic mass is 10.1. The van der Waals surface area contributed by atoms with Crippen LogP contribution in [0.1, 0.15) is 16.8 Å². The molecule has 4 rings (SSSR count). The molecule has 1 aliphatic rings. The van der Waals surface area contributed by atoms with Crippen molar-refractivity contribution in [1.82, 2.24) is 9.78 Å². The molecule has 0 spiro atoms. The standard InChI is InChI=1S/C18H15FIN3/c19-13-3-1-12(2-4-13)11-17-16-9-10-21-18(16)23(22-17)15-7-5-14(20)6-8-15/h1-8,21H,9-11H2. The Morgan fingerprint density at radius 2 is 1.83 bits per heavy atom. The van der Waals surface area contributed by atoms with Crippen LogP contribution in [0, 0.1) is 9.39 Å². The number of halogens is 2. The smallest absolute Gasteiger partial charge is 0.133 e. The van der Waals surface area contributed by atoms with E-state index in [-0.39, 0.29) is 5.82 Å². The molecule has 3 nitrogen and oxygen atoms in total. The van der Waals surface area contributed by atoms with E-state index in [0.717, 1.165) is 42.1 Å². The van der Waals surface area contributed by atoms with Gasteiger partial charge in [0.15, 0.2) is 0 Å². The minimum Gasteiger partial charge on any atom is -0.369 e. The highest BCUT2D eigenvalue weighted by Gasteiger charge is 2.22. The van der Waals surface area contributed by atoms with Crippen molar-refractivity contribution in [3.63, 3.8) is 0 Å². The SMILES string of the molecule is Fc1ccc(Cc2nn(-c3ccc(I)cc3)c3c2CCN3)cc1. The van der Waals surface area contributed by atoms with E-state index in [9.17, 15) is 4.39 Å². The third-order valence-corrected chi connectivity index (χ3v) is 4.81. The Morgan fingerprint density at radius 3 is 2.57 bits per heavy atom. The fraction of sp³-hybridized carbons (Fsp3) is 0.167. The second-order valence-corrected chi connectivity index (χ2v) is 6.89. The molecule has 0 radical (unpaired) electrons. The minimum atomic E-state index is -0.204. The van der Waals surface area contributed by atoms with Gasteiger partial charge >= 0.3 is 0 Å². The van der Waals surface area contributed by atoms with Gasteiger partial charge in [-0.2, -0.15) is 5.10 Å². The molecule has 2 aromatic carbocycles. The fourth-order valence-corrected chi connectivity index (χ4v) is 3.31. The van der Waals surface area contributed by atoms with Crippen LogP contribution in [0.25, 0.3) is 5.69 Å². The number of rotatable bonds is 3. The highest BCUT2D eigenvalue weighted by molar-refractivity contribution is 14.1. The molecule has 0 aliphatic carbocycles. The van der Waals surface area contributed by atoms with Gasteiger partial charge in [-0.3, -0.25) is 0 Å². The molecule has 2 heterocycles. The third-order valence-electron chi connectivity index (χ3n) is 4.09. The highest BCUT2D eigenvalue weighted by Crippen LogP contribution is 2.30. The fourth-order valence-electron chi connectivity index (χ4n) is 2.95. The van der Waals surface area contributed by atoms with E-state index < -0.39 is 0 Å². The van der Waals surface area contributed by atoms with Crippen molar-refractivity contribution < 1.29 is 4.39 Å². The Hall–Kier alpha value is -1.89. The van der Waals surface area contributed by atoms with Gasteiger partial charge in [0.1, 0.15) is 11.6 Å². The third kappa shape index (κ3) is 2.85. The van der Waals surface area contributed by atoms with Crippen molar-refractivity contribution in [2.45, 2.75) is 12.8 Å². The molecule has 23 heavy (non-hydrogen) atoms. The van der Waals surface area contributed by atoms with Gasteiger partial charge in [-0.25, -0.2) is 9.07 Å². The van der Waals surface area contributed by atoms with Crippen molar-refractivity contribution in [3.05, 3.63) is 74.7 Å². The molecule has 116 valence electrons. The van der Waals surface area contributed by atoms with Crippen LogP contribution < -0.4 is 5.32 Å². The summed E-state index contributed by atoms with van der Waals surface area (Å²) in [6.45, 7) is 0.938. The maximum atomic E-state index is 13.1. The van der Waals surface area contributed by atoms with E-state index >= 15 is 0 Å². The monoisotopic (exact) mass is 419 g/mol. The van der Waals surface area contributed by atoms with Crippen LogP contribution in [-0.2, 0) is 12.8 Å². The van der Waals surface area contributed by atoms with Crippen LogP contribution in [-0.4, -0.2) is 16.3 Å². The van der Waals surface area contributed by atoms with Crippen molar-refractivity contribution in [1.29, 1.82) is 0 Å². The van der Waals surface area contributed by atoms with E-state index in [0.29, 0.717) is 0 Å². The van der Waals surface area contributed by atoms with Crippen molar-refractivity contribution in [2.75, 3.05) is 11.9 Å². The summed E-state index contributed by atoms with van der Waals surface area (Å²) in [7, 11) is 0. The van der Waals surface area contributed by atoms with E-state index in [1.54, 1.807) is 0 Å². The van der Waals surface area contributed by atoms with E-state index in [1.165, 1.54) is 21.3 Å². The first-order valence-electron chi connectivity index (χ1n) is 7.56. The Morgan fingerprint density at radius 1 is 1.09 bits per heavy atom. The van der Waals surface area contributed by atoms with Crippen LogP contribution in [0.4, 0.5) is 10.2 Å². The van der Waals surface area contributed by atoms with Crippen LogP contribution >= 0.6 is 22.6 Å². The van der Waals surface area contributed by atoms with Gasteiger partial charge in [-0.15, -0.1) is 0 Å². The zero-order valence-electron chi connectivity index (χ0n) is 12.4. The summed E-state index contributed by atoms with van der Waals surface area (Å²) < 4.78 is 16.3. The molecule has 0 fully saturated rings. The largest absolute Gasteiger partial charge is 0.369 e. The molecule has 0 amide bonds. The van der Waals surface area contributed by atoms with E-state index in [4.69, 9.17) is 5.10 Å². The summed E-state index contributed by atoms with van der Waals surface area (Å²) in [5.41, 5.74) is 4.47. The summed E-state index contributed by atoms with van der Waals surface area (Å²) in [6.07, 6.45) is 1.71. The summed E-state index contributed by atoms with van der Waals surface area (Å²) in [6, 6.07) is 15.0. The number of aromatic nitrogens is 2. The second kappa shape index (κ2) is 5.96. The molecular weight excluding hydrogens is 404 g/mol. The van der Waals surface area contributed by atoms with Crippen LogP contribution in [0.15, 0.2) is 48.5 Å². The lowest BCUT2D eigenvalue weighted by Crippen LogP contribution is -2.05. The predicted molar refractivity (Wildman–Crippen MR) is 97.7 cm³/mol. The maximum absolute atomic E-state index is 13.1. The van der Waals surface area contributed by atoms with Crippen molar-refractivity contribution in [3.8, 4) is 5.69 Å². The first kappa shape index (κ1) is 14.7. The topological polar surface area (TPSA) is 29.9 Å². The molecule has 0 saturated carbocycles. The number of anilines is 1. The molecule has 1 aliphatic heterocycles. The predicted octanol–water partition coefficient (Wildman–Crippen LogP) is 4.17.